The number of hydrogen-bond donors (Lipinski definition) is 12. The Labute approximate surface area is 333 Å². The van der Waals surface area contributed by atoms with Gasteiger partial charge in [-0.1, -0.05) is 46.2 Å². The van der Waals surface area contributed by atoms with Crippen LogP contribution in [0.2, 0.25) is 0 Å². The third-order valence-electron chi connectivity index (χ3n) is 8.51. The van der Waals surface area contributed by atoms with Gasteiger partial charge in [0.1, 0.15) is 42.0 Å². The molecule has 0 aromatic heterocycles. The van der Waals surface area contributed by atoms with Crippen LogP contribution in [-0.2, 0) is 54.1 Å². The van der Waals surface area contributed by atoms with Crippen molar-refractivity contribution in [3.05, 3.63) is 29.8 Å². The Morgan fingerprint density at radius 2 is 1.19 bits per heavy atom. The lowest BCUT2D eigenvalue weighted by molar-refractivity contribution is -0.137. The Bertz CT molecular complexity index is 1710. The van der Waals surface area contributed by atoms with E-state index in [-0.39, 0.29) is 12.2 Å². The van der Waals surface area contributed by atoms with E-state index in [4.69, 9.17) is 27.0 Å². The van der Waals surface area contributed by atoms with E-state index < -0.39 is 135 Å². The maximum absolute atomic E-state index is 13.7. The molecule has 0 aliphatic heterocycles. The van der Waals surface area contributed by atoms with Crippen LogP contribution >= 0.6 is 7.82 Å². The van der Waals surface area contributed by atoms with E-state index in [1.54, 1.807) is 27.7 Å². The van der Waals surface area contributed by atoms with Crippen LogP contribution < -0.4 is 53.6 Å². The standard InChI is InChI=1S/C34H54N9O14P/c1-6-17(4)28(43-32(51)22(38-18(5)45)13-19-7-9-20(10-8-19)57-58(54,55)56)34(53)40-23(14-26(36)47)31(50)39-21(11-12-25(35)46)30(49)41-24(15-44)33(52)42-27(16(2)3)29(37)48/h7-10,16-17,21-24,27-28,44H,6,11-15H2,1-5H3,(H2,35,46)(H2,36,47)(H2,37,48)(H,38,45)(H,39,50)(H,40,53)(H,41,49)(H,42,52)(H,43,51)(H2,54,55,56)/t17?,21-,22-,23-,24-,27-,28-/m0/s1. The smallest absolute Gasteiger partial charge is 0.404 e. The molecule has 58 heavy (non-hydrogen) atoms. The molecule has 0 fully saturated rings. The van der Waals surface area contributed by atoms with Gasteiger partial charge in [0.05, 0.1) is 13.0 Å². The zero-order chi connectivity index (χ0) is 44.5. The second kappa shape index (κ2) is 23.6. The van der Waals surface area contributed by atoms with E-state index in [1.165, 1.54) is 24.3 Å². The minimum atomic E-state index is -4.84. The molecule has 1 aromatic carbocycles. The summed E-state index contributed by atoms with van der Waals surface area (Å²) in [5, 5.41) is 24.0. The summed E-state index contributed by atoms with van der Waals surface area (Å²) in [6, 6.07) is -3.67. The van der Waals surface area contributed by atoms with Crippen LogP contribution in [0.25, 0.3) is 0 Å². The highest BCUT2D eigenvalue weighted by molar-refractivity contribution is 7.46. The molecule has 9 amide bonds. The van der Waals surface area contributed by atoms with Gasteiger partial charge in [-0.2, -0.15) is 0 Å². The molecule has 24 heteroatoms. The average Bonchev–Trinajstić information content (AvgIpc) is 3.11. The quantitative estimate of drug-likeness (QED) is 0.0417. The third kappa shape index (κ3) is 18.1. The molecule has 15 N–H and O–H groups in total. The van der Waals surface area contributed by atoms with Gasteiger partial charge in [-0.05, 0) is 36.0 Å². The summed E-state index contributed by atoms with van der Waals surface area (Å²) < 4.78 is 15.7. The number of phosphoric acid groups is 1. The van der Waals surface area contributed by atoms with Crippen molar-refractivity contribution in [1.82, 2.24) is 31.9 Å². The highest BCUT2D eigenvalue weighted by Gasteiger charge is 2.35. The maximum atomic E-state index is 13.7. The van der Waals surface area contributed by atoms with Gasteiger partial charge < -0.3 is 58.7 Å². The number of aliphatic hydroxyl groups excluding tert-OH is 1. The number of nitrogens with two attached hydrogens (primary N) is 3. The first kappa shape index (κ1) is 50.4. The van der Waals surface area contributed by atoms with Crippen LogP contribution in [0.4, 0.5) is 0 Å². The van der Waals surface area contributed by atoms with Gasteiger partial charge in [0, 0.05) is 19.8 Å². The molecule has 0 heterocycles. The molecular weight excluding hydrogens is 789 g/mol. The molecule has 23 nitrogen and oxygen atoms in total. The lowest BCUT2D eigenvalue weighted by Gasteiger charge is -2.29. The number of aliphatic hydroxyl groups is 1. The molecule has 0 aliphatic carbocycles. The number of phosphoric ester groups is 1. The van der Waals surface area contributed by atoms with Crippen molar-refractivity contribution in [2.24, 2.45) is 29.0 Å². The zero-order valence-corrected chi connectivity index (χ0v) is 33.6. The minimum Gasteiger partial charge on any atom is -0.404 e. The van der Waals surface area contributed by atoms with Crippen LogP contribution in [0.3, 0.4) is 0 Å². The monoisotopic (exact) mass is 843 g/mol. The second-order valence-corrected chi connectivity index (χ2v) is 14.9. The summed E-state index contributed by atoms with van der Waals surface area (Å²) in [5.74, 6) is -9.80. The molecule has 0 spiro atoms. The lowest BCUT2D eigenvalue weighted by atomic mass is 9.96. The molecule has 1 aromatic rings. The van der Waals surface area contributed by atoms with E-state index in [0.29, 0.717) is 12.0 Å². The molecule has 1 unspecified atom stereocenters. The van der Waals surface area contributed by atoms with Gasteiger partial charge in [-0.3, -0.25) is 52.9 Å². The van der Waals surface area contributed by atoms with Crippen LogP contribution in [0.5, 0.6) is 5.75 Å². The van der Waals surface area contributed by atoms with E-state index >= 15 is 0 Å². The number of carbonyl (C=O) groups is 9. The van der Waals surface area contributed by atoms with Crippen LogP contribution in [-0.4, -0.2) is 111 Å². The van der Waals surface area contributed by atoms with Crippen molar-refractivity contribution in [2.75, 3.05) is 6.61 Å². The number of carbonyl (C=O) groups excluding carboxylic acids is 9. The first-order valence-electron chi connectivity index (χ1n) is 18.0. The van der Waals surface area contributed by atoms with E-state index in [9.17, 15) is 52.8 Å². The van der Waals surface area contributed by atoms with Crippen molar-refractivity contribution < 1.29 is 67.1 Å². The predicted octanol–water partition coefficient (Wildman–Crippen LogP) is -4.05. The Morgan fingerprint density at radius 3 is 1.66 bits per heavy atom. The number of benzene rings is 1. The number of nitrogens with one attached hydrogen (secondary N) is 6. The summed E-state index contributed by atoms with van der Waals surface area (Å²) in [7, 11) is -4.84. The second-order valence-electron chi connectivity index (χ2n) is 13.7. The first-order chi connectivity index (χ1) is 26.9. The van der Waals surface area contributed by atoms with Gasteiger partial charge in [-0.25, -0.2) is 4.57 Å². The largest absolute Gasteiger partial charge is 0.524 e. The van der Waals surface area contributed by atoms with Crippen LogP contribution in [0.15, 0.2) is 24.3 Å². The van der Waals surface area contributed by atoms with Crippen molar-refractivity contribution in [3.63, 3.8) is 0 Å². The van der Waals surface area contributed by atoms with E-state index in [1.807, 2.05) is 0 Å². The van der Waals surface area contributed by atoms with Crippen LogP contribution in [0.1, 0.15) is 65.9 Å². The number of amides is 9. The Balaban J connectivity index is 3.32. The van der Waals surface area contributed by atoms with Crippen molar-refractivity contribution in [2.45, 2.75) is 103 Å². The minimum absolute atomic E-state index is 0.153. The molecule has 1 rings (SSSR count). The van der Waals surface area contributed by atoms with Gasteiger partial charge in [0.15, 0.2) is 0 Å². The molecule has 0 saturated carbocycles. The van der Waals surface area contributed by atoms with Gasteiger partial charge in [0.25, 0.3) is 0 Å². The number of hydrogen-bond acceptors (Lipinski definition) is 12. The fourth-order valence-corrected chi connectivity index (χ4v) is 5.65. The fourth-order valence-electron chi connectivity index (χ4n) is 5.26. The summed E-state index contributed by atoms with van der Waals surface area (Å²) in [4.78, 5) is 133. The molecule has 0 radical (unpaired) electrons. The molecule has 0 bridgehead atoms. The third-order valence-corrected chi connectivity index (χ3v) is 8.96. The van der Waals surface area contributed by atoms with Crippen LogP contribution in [0, 0.1) is 11.8 Å². The summed E-state index contributed by atoms with van der Waals surface area (Å²) in [6.07, 6.45) is -1.59. The first-order valence-corrected chi connectivity index (χ1v) is 19.5. The number of primary amides is 3. The lowest BCUT2D eigenvalue weighted by Crippen LogP contribution is -2.61. The van der Waals surface area contributed by atoms with Crippen molar-refractivity contribution in [1.29, 1.82) is 0 Å². The molecular formula is C34H54N9O14P. The number of rotatable bonds is 25. The SMILES string of the molecule is CCC(C)[C@H](NC(=O)[C@H](Cc1ccc(OP(=O)(O)O)cc1)NC(C)=O)C(=O)N[C@@H](CC(N)=O)C(=O)N[C@@H](CCC(N)=O)C(=O)N[C@@H](CO)C(=O)N[C@H](C(N)=O)C(C)C. The van der Waals surface area contributed by atoms with Gasteiger partial charge in [0.2, 0.25) is 53.2 Å². The Hall–Kier alpha value is -5.64. The molecule has 324 valence electrons. The molecule has 0 aliphatic rings. The van der Waals surface area contributed by atoms with Crippen molar-refractivity contribution >= 4 is 61.0 Å². The topological polar surface area (TPSA) is 391 Å². The zero-order valence-electron chi connectivity index (χ0n) is 32.7. The molecule has 0 saturated heterocycles. The fraction of sp³-hybridized carbons (Fsp3) is 0.559. The summed E-state index contributed by atoms with van der Waals surface area (Å²) in [6.45, 7) is 6.62. The van der Waals surface area contributed by atoms with Crippen molar-refractivity contribution in [3.8, 4) is 5.75 Å². The summed E-state index contributed by atoms with van der Waals surface area (Å²) in [5.41, 5.74) is 16.4. The Kier molecular flexibility index (Phi) is 20.5. The summed E-state index contributed by atoms with van der Waals surface area (Å²) >= 11 is 0. The average molecular weight is 844 g/mol. The Morgan fingerprint density at radius 1 is 0.690 bits per heavy atom. The normalized spacial score (nSPS) is 14.8. The molecule has 7 atom stereocenters. The highest BCUT2D eigenvalue weighted by Crippen LogP contribution is 2.37. The van der Waals surface area contributed by atoms with E-state index in [0.717, 1.165) is 6.92 Å². The highest BCUT2D eigenvalue weighted by atomic mass is 31.2. The predicted molar refractivity (Wildman–Crippen MR) is 203 cm³/mol. The van der Waals surface area contributed by atoms with Gasteiger partial charge in [-0.15, -0.1) is 0 Å². The maximum Gasteiger partial charge on any atom is 0.524 e. The van der Waals surface area contributed by atoms with E-state index in [2.05, 4.69) is 36.4 Å². The van der Waals surface area contributed by atoms with Gasteiger partial charge >= 0.3 is 7.82 Å².